The normalized spacial score (nSPS) is 30.1. The Labute approximate surface area is 679 Å². The van der Waals surface area contributed by atoms with E-state index in [1.165, 1.54) is 275 Å². The van der Waals surface area contributed by atoms with Gasteiger partial charge in [0.2, 0.25) is 0 Å². The molecule has 12 saturated carbocycles. The van der Waals surface area contributed by atoms with Crippen LogP contribution in [-0.2, 0) is 32.7 Å². The molecule has 9 aromatic rings. The summed E-state index contributed by atoms with van der Waals surface area (Å²) < 4.78 is 0. The summed E-state index contributed by atoms with van der Waals surface area (Å²) in [6.45, 7) is 0. The third-order valence-corrected chi connectivity index (χ3v) is 38.6. The average molecular weight is 1520 g/mol. The van der Waals surface area contributed by atoms with Crippen molar-refractivity contribution in [3.63, 3.8) is 0 Å². The van der Waals surface area contributed by atoms with E-state index in [1.807, 2.05) is 0 Å². The summed E-state index contributed by atoms with van der Waals surface area (Å²) in [5.74, 6) is 17.1. The summed E-state index contributed by atoms with van der Waals surface area (Å²) in [6.07, 6.45) is 52.0. The predicted molar refractivity (Wildman–Crippen MR) is 469 cm³/mol. The molecule has 15 unspecified atom stereocenters. The van der Waals surface area contributed by atoms with Crippen molar-refractivity contribution in [2.75, 3.05) is 0 Å². The Kier molecular flexibility index (Phi) is 23.8. The summed E-state index contributed by atoms with van der Waals surface area (Å²) in [5.41, 5.74) is 9.63. The lowest BCUT2D eigenvalue weighted by molar-refractivity contribution is 0.232. The maximum Gasteiger partial charge on any atom is 0.166 e. The van der Waals surface area contributed by atoms with E-state index in [9.17, 15) is 0 Å². The van der Waals surface area contributed by atoms with Gasteiger partial charge >= 0.3 is 0 Å². The van der Waals surface area contributed by atoms with E-state index in [2.05, 4.69) is 237 Å². The van der Waals surface area contributed by atoms with Crippen LogP contribution in [0.5, 0.6) is 0 Å². The van der Waals surface area contributed by atoms with E-state index in [0.29, 0.717) is 0 Å². The molecule has 0 N–H and O–H groups in total. The topological polar surface area (TPSA) is 0 Å². The lowest BCUT2D eigenvalue weighted by Crippen LogP contribution is -2.23. The largest absolute Gasteiger partial charge is 0.166 e. The predicted octanol–water partition coefficient (Wildman–Crippen LogP) is 30.4. The number of fused-ring (bicyclic) bond motifs is 15. The van der Waals surface area contributed by atoms with Gasteiger partial charge in [-0.2, -0.15) is 0 Å². The van der Waals surface area contributed by atoms with Crippen LogP contribution in [0.4, 0.5) is 0 Å². The monoisotopic (exact) mass is 1520 g/mol. The summed E-state index contributed by atoms with van der Waals surface area (Å²) in [7, 11) is -0.150. The highest BCUT2D eigenvalue weighted by Gasteiger charge is 2.57. The molecule has 6 bridgehead atoms. The Morgan fingerprint density at radius 3 is 0.586 bits per heavy atom. The maximum atomic E-state index is 2.58. The first kappa shape index (κ1) is 75.1. The molecule has 12 aliphatic carbocycles. The van der Waals surface area contributed by atoms with E-state index in [4.69, 9.17) is 0 Å². The first-order valence-electron chi connectivity index (χ1n) is 46.0. The molecule has 21 rings (SSSR count). The zero-order chi connectivity index (χ0) is 73.8. The van der Waals surface area contributed by atoms with Gasteiger partial charge in [-0.25, -0.2) is 0 Å². The van der Waals surface area contributed by atoms with Gasteiger partial charge in [0.05, 0.1) is 32.7 Å². The van der Waals surface area contributed by atoms with Gasteiger partial charge < -0.3 is 0 Å². The number of rotatable bonds is 15. The molecule has 15 atom stereocenters. The van der Waals surface area contributed by atoms with Gasteiger partial charge in [-0.1, -0.05) is 243 Å². The van der Waals surface area contributed by atoms with E-state index < -0.39 is 0 Å². The average Bonchev–Trinajstić information content (AvgIpc) is 1.60. The van der Waals surface area contributed by atoms with Crippen LogP contribution in [0, 0.1) is 71.0 Å². The van der Waals surface area contributed by atoms with Gasteiger partial charge in [-0.15, -0.1) is 0 Å². The number of hydrogen-bond donors (Lipinski definition) is 0. The van der Waals surface area contributed by atoms with Gasteiger partial charge in [0, 0.05) is 0 Å². The molecule has 0 spiro atoms. The van der Waals surface area contributed by atoms with Crippen molar-refractivity contribution in [1.29, 1.82) is 0 Å². The van der Waals surface area contributed by atoms with Gasteiger partial charge in [0.1, 0.15) is 0 Å². The van der Waals surface area contributed by atoms with Crippen molar-refractivity contribution in [2.24, 2.45) is 71.0 Å². The smallest absolute Gasteiger partial charge is 0.0619 e. The Hall–Kier alpha value is -5.97. The van der Waals surface area contributed by atoms with E-state index in [0.717, 1.165) is 107 Å². The Balaban J connectivity index is 0.000000119. The fraction of sp³-hybridized carbons (Fsp3) is 0.500. The minimum atomic E-state index is -0.0622. The standard InChI is InChI=1S/C48H57S.C34H43S.C26H29S/c1-4-37-31-22-43(46(25-31)40(37)7-1)28-10-16-34(17-11-28)49(35-18-12-29(13-19-35)44-23-32-26-47(44)41-8-2-5-38(32)41)36-20-14-30(15-21-36)45-24-33-27-48(45)42-9-3-6-39(33)42;1-3-8-14-28(15-9-4-1)30-20-24-33(25-21-30)35(32-18-12-7-13-19-32)34-26-22-31(23-27-34)29-16-10-5-2-6-11-17-29;1-2-6-12-22(13-7-3-1)23-18-20-26(21-19-23)27(24-14-8-4-9-15-24)25-16-10-5-11-17-25/h10-21,31-33,37-48H,1-9,22-27H2;7,12-13,18-29H,1-6,8-11,14-17H2;4-5,8-11,14-22H,1-3,6-7,12-13H2/q3*+1. The van der Waals surface area contributed by atoms with E-state index >= 15 is 0 Å². The van der Waals surface area contributed by atoms with Crippen LogP contribution in [0.1, 0.15) is 300 Å². The maximum absolute atomic E-state index is 2.58. The van der Waals surface area contributed by atoms with Crippen molar-refractivity contribution in [3.8, 4) is 0 Å². The molecule has 0 radical (unpaired) electrons. The third kappa shape index (κ3) is 16.3. The molecule has 0 nitrogen and oxygen atoms in total. The van der Waals surface area contributed by atoms with Crippen LogP contribution in [-0.4, -0.2) is 0 Å². The van der Waals surface area contributed by atoms with Crippen LogP contribution in [0.15, 0.2) is 281 Å². The number of benzene rings is 9. The molecule has 576 valence electrons. The highest BCUT2D eigenvalue weighted by molar-refractivity contribution is 7.97. The summed E-state index contributed by atoms with van der Waals surface area (Å²) in [5, 5.41) is 0. The Morgan fingerprint density at radius 2 is 0.351 bits per heavy atom. The van der Waals surface area contributed by atoms with Crippen LogP contribution in [0.25, 0.3) is 0 Å². The van der Waals surface area contributed by atoms with Gasteiger partial charge in [-0.05, 0) is 365 Å². The van der Waals surface area contributed by atoms with E-state index in [1.54, 1.807) is 33.4 Å². The van der Waals surface area contributed by atoms with Crippen LogP contribution in [0.3, 0.4) is 0 Å². The number of hydrogen-bond acceptors (Lipinski definition) is 0. The highest BCUT2D eigenvalue weighted by atomic mass is 32.2. The molecule has 0 amide bonds. The van der Waals surface area contributed by atoms with Crippen LogP contribution >= 0.6 is 0 Å². The fourth-order valence-electron chi connectivity index (χ4n) is 26.8. The molecule has 0 aromatic heterocycles. The van der Waals surface area contributed by atoms with E-state index in [-0.39, 0.29) is 32.7 Å². The lowest BCUT2D eigenvalue weighted by Gasteiger charge is -2.32. The second-order valence-corrected chi connectivity index (χ2v) is 43.8. The third-order valence-electron chi connectivity index (χ3n) is 31.9. The van der Waals surface area contributed by atoms with Crippen molar-refractivity contribution in [2.45, 2.75) is 311 Å². The first-order chi connectivity index (χ1) is 55.0. The quantitative estimate of drug-likeness (QED) is 0.0898. The lowest BCUT2D eigenvalue weighted by atomic mass is 9.73. The summed E-state index contributed by atoms with van der Waals surface area (Å²) in [4.78, 5) is 13.1. The summed E-state index contributed by atoms with van der Waals surface area (Å²) in [6, 6.07) is 93.0. The minimum absolute atomic E-state index is 0.0340. The Morgan fingerprint density at radius 1 is 0.153 bits per heavy atom. The molecule has 0 heterocycles. The highest BCUT2D eigenvalue weighted by Crippen LogP contribution is 2.66. The fourth-order valence-corrected chi connectivity index (χ4v) is 33.0. The van der Waals surface area contributed by atoms with Crippen molar-refractivity contribution in [1.82, 2.24) is 0 Å². The first-order valence-corrected chi connectivity index (χ1v) is 49.7. The van der Waals surface area contributed by atoms with Crippen LogP contribution < -0.4 is 0 Å². The molecule has 0 saturated heterocycles. The zero-order valence-corrected chi connectivity index (χ0v) is 69.5. The van der Waals surface area contributed by atoms with Crippen LogP contribution in [0.2, 0.25) is 0 Å². The zero-order valence-electron chi connectivity index (χ0n) is 67.1. The summed E-state index contributed by atoms with van der Waals surface area (Å²) >= 11 is 0. The molecular weight excluding hydrogens is 1390 g/mol. The van der Waals surface area contributed by atoms with Crippen molar-refractivity contribution in [3.05, 3.63) is 270 Å². The molecule has 12 aliphatic rings. The van der Waals surface area contributed by atoms with Gasteiger partial charge in [0.25, 0.3) is 0 Å². The SMILES string of the molecule is c1cc([S+](c2ccc(C3CC4CC3C3CCCC43)cc2)c2ccc(C3CC4CC3C3CCCC43)cc2)ccc1C1CC2CC1C1CCCC21.c1ccc([S+](c2ccc(C3CCCCCCC3)cc2)c2ccc(C3CCCCCCC3)cc2)cc1.c1ccc([S+](c2ccccc2)c2ccc(C3CCCCCCC3)cc2)cc1. The molecule has 0 aliphatic heterocycles. The van der Waals surface area contributed by atoms with Crippen molar-refractivity contribution >= 4 is 32.7 Å². The molecule has 9 aromatic carbocycles. The van der Waals surface area contributed by atoms with Gasteiger partial charge in [0.15, 0.2) is 44.1 Å². The minimum Gasteiger partial charge on any atom is -0.0619 e. The molecule has 12 fully saturated rings. The molecule has 111 heavy (non-hydrogen) atoms. The van der Waals surface area contributed by atoms with Gasteiger partial charge in [-0.3, -0.25) is 0 Å². The second-order valence-electron chi connectivity index (χ2n) is 37.7. The Bertz CT molecular complexity index is 4060. The molecule has 3 heteroatoms. The molecular formula is C108H129S3+3. The second kappa shape index (κ2) is 35.2. The van der Waals surface area contributed by atoms with Crippen molar-refractivity contribution < 1.29 is 0 Å².